The molecule has 2 atom stereocenters. The van der Waals surface area contributed by atoms with Gasteiger partial charge in [-0.3, -0.25) is 14.9 Å². The highest BCUT2D eigenvalue weighted by atomic mass is 19.3. The van der Waals surface area contributed by atoms with E-state index in [4.69, 9.17) is 5.73 Å². The third-order valence-corrected chi connectivity index (χ3v) is 8.05. The fraction of sp³-hybridized carbons (Fsp3) is 0.500. The summed E-state index contributed by atoms with van der Waals surface area (Å²) in [5.41, 5.74) is 10.3. The smallest absolute Gasteiger partial charge is 0.273 e. The van der Waals surface area contributed by atoms with Gasteiger partial charge in [-0.25, -0.2) is 13.8 Å². The van der Waals surface area contributed by atoms with Gasteiger partial charge in [0.2, 0.25) is 5.91 Å². The molecule has 2 aromatic carbocycles. The third-order valence-electron chi connectivity index (χ3n) is 8.05. The number of aliphatic imine (C=N–C) groups is 1. The lowest BCUT2D eigenvalue weighted by Gasteiger charge is -2.37. The monoisotopic (exact) mass is 522 g/mol. The van der Waals surface area contributed by atoms with Crippen LogP contribution in [0.2, 0.25) is 0 Å². The maximum atomic E-state index is 14.0. The van der Waals surface area contributed by atoms with Gasteiger partial charge in [0, 0.05) is 24.0 Å². The Bertz CT molecular complexity index is 1290. The summed E-state index contributed by atoms with van der Waals surface area (Å²) in [6, 6.07) is 10.9. The summed E-state index contributed by atoms with van der Waals surface area (Å²) >= 11 is 0. The van der Waals surface area contributed by atoms with Crippen molar-refractivity contribution in [2.24, 2.45) is 16.1 Å². The Hall–Kier alpha value is -3.29. The number of amides is 2. The first-order chi connectivity index (χ1) is 18.0. The van der Waals surface area contributed by atoms with E-state index in [0.29, 0.717) is 24.0 Å². The van der Waals surface area contributed by atoms with Crippen LogP contribution in [0.15, 0.2) is 41.4 Å². The molecule has 0 saturated carbocycles. The highest BCUT2D eigenvalue weighted by Gasteiger charge is 2.39. The van der Waals surface area contributed by atoms with Crippen LogP contribution in [0.4, 0.5) is 8.78 Å². The fourth-order valence-corrected chi connectivity index (χ4v) is 6.19. The largest absolute Gasteiger partial charge is 0.370 e. The van der Waals surface area contributed by atoms with E-state index in [1.165, 1.54) is 23.3 Å². The fourth-order valence-electron chi connectivity index (χ4n) is 6.19. The molecule has 4 N–H and O–H groups in total. The van der Waals surface area contributed by atoms with Crippen molar-refractivity contribution in [1.82, 2.24) is 10.6 Å². The van der Waals surface area contributed by atoms with Crippen LogP contribution in [-0.2, 0) is 30.0 Å². The zero-order valence-corrected chi connectivity index (χ0v) is 22.1. The van der Waals surface area contributed by atoms with E-state index in [1.807, 2.05) is 0 Å². The van der Waals surface area contributed by atoms with Gasteiger partial charge in [-0.1, -0.05) is 44.5 Å². The second-order valence-corrected chi connectivity index (χ2v) is 11.8. The molecule has 2 aliphatic carbocycles. The molecule has 0 radical (unpaired) electrons. The van der Waals surface area contributed by atoms with Crippen LogP contribution < -0.4 is 16.4 Å². The number of benzene rings is 2. The van der Waals surface area contributed by atoms with E-state index in [-0.39, 0.29) is 47.3 Å². The molecule has 2 unspecified atom stereocenters. The first-order valence-electron chi connectivity index (χ1n) is 13.6. The molecule has 3 aliphatic rings. The lowest BCUT2D eigenvalue weighted by molar-refractivity contribution is -0.120. The van der Waals surface area contributed by atoms with Crippen molar-refractivity contribution in [2.45, 2.75) is 89.6 Å². The molecular formula is C30H36F2N4O2. The molecule has 2 amide bonds. The maximum absolute atomic E-state index is 14.0. The van der Waals surface area contributed by atoms with E-state index in [2.05, 4.69) is 47.7 Å². The summed E-state index contributed by atoms with van der Waals surface area (Å²) in [7, 11) is 0. The Kier molecular flexibility index (Phi) is 7.01. The minimum absolute atomic E-state index is 0.0289. The number of nitrogens with two attached hydrogens (primary N) is 1. The van der Waals surface area contributed by atoms with Gasteiger partial charge in [-0.15, -0.1) is 0 Å². The molecule has 0 fully saturated rings. The van der Waals surface area contributed by atoms with Crippen molar-refractivity contribution in [1.29, 1.82) is 0 Å². The number of nitrogens with one attached hydrogen (secondary N) is 2. The van der Waals surface area contributed by atoms with Crippen molar-refractivity contribution in [3.63, 3.8) is 0 Å². The standard InChI is InChI=1S/C30H36F2N4O2/c1-29(2)16-21-8-7-18(5-3-4-6-22-15-26(37)36-28(33)34-22)13-23(21)25(17-29)35-27(38)20-9-10-24-19(14-20)11-12-30(24,31)32/h7-10,13-14,22,25H,3-6,11-12,15-17H2,1-2H3,(H,35,38)(H3,33,34,36,37). The van der Waals surface area contributed by atoms with Crippen LogP contribution in [0.1, 0.15) is 96.6 Å². The number of alkyl halides is 2. The number of hydrogen-bond acceptors (Lipinski definition) is 4. The number of aryl methyl sites for hydroxylation is 2. The topological polar surface area (TPSA) is 96.6 Å². The molecule has 0 bridgehead atoms. The van der Waals surface area contributed by atoms with E-state index < -0.39 is 5.92 Å². The van der Waals surface area contributed by atoms with Crippen LogP contribution in [0.3, 0.4) is 0 Å². The number of guanidine groups is 1. The number of halogens is 2. The number of carbonyl (C=O) groups excluding carboxylic acids is 2. The van der Waals surface area contributed by atoms with Crippen molar-refractivity contribution in [2.75, 3.05) is 0 Å². The second kappa shape index (κ2) is 10.1. The number of hydrogen-bond donors (Lipinski definition) is 3. The Morgan fingerprint density at radius 3 is 2.76 bits per heavy atom. The molecule has 8 heteroatoms. The molecule has 38 heavy (non-hydrogen) atoms. The van der Waals surface area contributed by atoms with E-state index >= 15 is 0 Å². The Balaban J connectivity index is 1.26. The normalized spacial score (nSPS) is 23.2. The van der Waals surface area contributed by atoms with Crippen molar-refractivity contribution < 1.29 is 18.4 Å². The average Bonchev–Trinajstić information content (AvgIpc) is 3.14. The summed E-state index contributed by atoms with van der Waals surface area (Å²) in [5, 5.41) is 5.74. The first-order valence-corrected chi connectivity index (χ1v) is 13.6. The molecule has 202 valence electrons. The maximum Gasteiger partial charge on any atom is 0.273 e. The van der Waals surface area contributed by atoms with Gasteiger partial charge >= 0.3 is 0 Å². The Morgan fingerprint density at radius 2 is 1.97 bits per heavy atom. The predicted molar refractivity (Wildman–Crippen MR) is 143 cm³/mol. The molecule has 2 aromatic rings. The summed E-state index contributed by atoms with van der Waals surface area (Å²) < 4.78 is 28.1. The zero-order chi connectivity index (χ0) is 27.1. The number of carbonyl (C=O) groups is 2. The van der Waals surface area contributed by atoms with Crippen LogP contribution >= 0.6 is 0 Å². The average molecular weight is 523 g/mol. The van der Waals surface area contributed by atoms with Gasteiger partial charge in [0.05, 0.1) is 12.1 Å². The molecule has 0 aromatic heterocycles. The molecule has 6 nitrogen and oxygen atoms in total. The Labute approximate surface area is 222 Å². The van der Waals surface area contributed by atoms with Crippen LogP contribution in [-0.4, -0.2) is 23.8 Å². The number of fused-ring (bicyclic) bond motifs is 2. The molecular weight excluding hydrogens is 486 g/mol. The summed E-state index contributed by atoms with van der Waals surface area (Å²) in [6.45, 7) is 4.42. The van der Waals surface area contributed by atoms with Gasteiger partial charge in [0.1, 0.15) is 0 Å². The van der Waals surface area contributed by atoms with Gasteiger partial charge < -0.3 is 11.1 Å². The predicted octanol–water partition coefficient (Wildman–Crippen LogP) is 5.08. The van der Waals surface area contributed by atoms with E-state index in [9.17, 15) is 18.4 Å². The van der Waals surface area contributed by atoms with E-state index in [1.54, 1.807) is 6.07 Å². The second-order valence-electron chi connectivity index (χ2n) is 11.8. The highest BCUT2D eigenvalue weighted by molar-refractivity contribution is 5.98. The van der Waals surface area contributed by atoms with Crippen molar-refractivity contribution in [3.8, 4) is 0 Å². The van der Waals surface area contributed by atoms with E-state index in [0.717, 1.165) is 44.1 Å². The molecule has 1 heterocycles. The molecule has 1 aliphatic heterocycles. The zero-order valence-electron chi connectivity index (χ0n) is 22.1. The molecule has 5 rings (SSSR count). The minimum atomic E-state index is -2.81. The van der Waals surface area contributed by atoms with Gasteiger partial charge in [0.25, 0.3) is 11.8 Å². The number of rotatable bonds is 7. The summed E-state index contributed by atoms with van der Waals surface area (Å²) in [6.07, 6.45) is 5.84. The van der Waals surface area contributed by atoms with Crippen LogP contribution in [0.25, 0.3) is 0 Å². The molecule has 0 spiro atoms. The number of unbranched alkanes of at least 4 members (excludes halogenated alkanes) is 1. The summed E-state index contributed by atoms with van der Waals surface area (Å²) in [5.74, 6) is -2.90. The van der Waals surface area contributed by atoms with Crippen LogP contribution in [0, 0.1) is 5.41 Å². The van der Waals surface area contributed by atoms with Crippen molar-refractivity contribution in [3.05, 3.63) is 69.8 Å². The SMILES string of the molecule is CC1(C)Cc2ccc(CCCCC3CC(=O)NC(N)=N3)cc2C(NC(=O)c2ccc3c(c2)CCC3(F)F)C1. The summed E-state index contributed by atoms with van der Waals surface area (Å²) in [4.78, 5) is 29.2. The molecule has 0 saturated heterocycles. The Morgan fingerprint density at radius 1 is 1.16 bits per heavy atom. The minimum Gasteiger partial charge on any atom is -0.370 e. The highest BCUT2D eigenvalue weighted by Crippen LogP contribution is 2.43. The van der Waals surface area contributed by atoms with Gasteiger partial charge in [-0.2, -0.15) is 0 Å². The lowest BCUT2D eigenvalue weighted by atomic mass is 9.71. The lowest BCUT2D eigenvalue weighted by Crippen LogP contribution is -2.43. The van der Waals surface area contributed by atoms with Gasteiger partial charge in [0.15, 0.2) is 5.96 Å². The third kappa shape index (κ3) is 5.74. The quantitative estimate of drug-likeness (QED) is 0.442. The first kappa shape index (κ1) is 26.3. The van der Waals surface area contributed by atoms with Crippen LogP contribution in [0.5, 0.6) is 0 Å². The number of nitrogens with zero attached hydrogens (tertiary/aromatic N) is 1. The van der Waals surface area contributed by atoms with Gasteiger partial charge in [-0.05, 0) is 78.3 Å². The van der Waals surface area contributed by atoms with Crippen molar-refractivity contribution >= 4 is 17.8 Å².